The van der Waals surface area contributed by atoms with Gasteiger partial charge in [-0.2, -0.15) is 0 Å². The fourth-order valence-electron chi connectivity index (χ4n) is 3.30. The van der Waals surface area contributed by atoms with Crippen molar-refractivity contribution in [3.05, 3.63) is 29.8 Å². The Morgan fingerprint density at radius 2 is 1.77 bits per heavy atom. The minimum Gasteiger partial charge on any atom is -0.508 e. The van der Waals surface area contributed by atoms with Crippen LogP contribution in [-0.2, 0) is 9.53 Å². The standard InChI is InChI=1S/C21H32N4O4.HI/c1-3-22-21(25-17-9-5-16(6-10-17)20(28)29-4-2)24-14-13-23-19(27)15-7-11-18(26)12-8-15;/h7-8,11-12,16-17,26H,3-6,9-10,13-14H2,1-2H3,(H,23,27)(H2,22,24,25);1H. The van der Waals surface area contributed by atoms with Gasteiger partial charge in [-0.25, -0.2) is 0 Å². The highest BCUT2D eigenvalue weighted by Gasteiger charge is 2.27. The van der Waals surface area contributed by atoms with Gasteiger partial charge in [-0.1, -0.05) is 0 Å². The lowest BCUT2D eigenvalue weighted by atomic mass is 9.86. The first-order valence-electron chi connectivity index (χ1n) is 10.3. The van der Waals surface area contributed by atoms with Gasteiger partial charge in [-0.05, 0) is 63.8 Å². The number of phenols is 1. The highest BCUT2D eigenvalue weighted by molar-refractivity contribution is 14.0. The van der Waals surface area contributed by atoms with E-state index < -0.39 is 0 Å². The maximum atomic E-state index is 12.1. The van der Waals surface area contributed by atoms with Gasteiger partial charge < -0.3 is 25.8 Å². The number of halogens is 1. The summed E-state index contributed by atoms with van der Waals surface area (Å²) in [6.07, 6.45) is 3.42. The minimum atomic E-state index is -0.199. The van der Waals surface area contributed by atoms with E-state index >= 15 is 0 Å². The number of ether oxygens (including phenoxy) is 1. The number of aromatic hydroxyl groups is 1. The Kier molecular flexibility index (Phi) is 12.2. The van der Waals surface area contributed by atoms with Gasteiger partial charge in [0.25, 0.3) is 5.91 Å². The summed E-state index contributed by atoms with van der Waals surface area (Å²) in [7, 11) is 0. The average molecular weight is 532 g/mol. The lowest BCUT2D eigenvalue weighted by molar-refractivity contribution is -0.149. The molecule has 1 aliphatic rings. The van der Waals surface area contributed by atoms with Crippen LogP contribution in [0.4, 0.5) is 0 Å². The first-order valence-corrected chi connectivity index (χ1v) is 10.3. The number of hydrogen-bond donors (Lipinski definition) is 4. The number of rotatable bonds is 8. The fraction of sp³-hybridized carbons (Fsp3) is 0.571. The van der Waals surface area contributed by atoms with E-state index in [-0.39, 0.29) is 53.6 Å². The molecule has 0 heterocycles. The molecule has 2 rings (SSSR count). The Morgan fingerprint density at radius 3 is 2.37 bits per heavy atom. The van der Waals surface area contributed by atoms with E-state index in [1.165, 1.54) is 12.1 Å². The van der Waals surface area contributed by atoms with Gasteiger partial charge in [0.2, 0.25) is 0 Å². The molecule has 1 amide bonds. The molecule has 0 atom stereocenters. The van der Waals surface area contributed by atoms with Crippen LogP contribution in [0, 0.1) is 5.92 Å². The molecule has 1 fully saturated rings. The van der Waals surface area contributed by atoms with Crippen LogP contribution in [0.3, 0.4) is 0 Å². The molecule has 1 saturated carbocycles. The minimum absolute atomic E-state index is 0. The fourth-order valence-corrected chi connectivity index (χ4v) is 3.30. The predicted octanol–water partition coefficient (Wildman–Crippen LogP) is 2.42. The normalized spacial score (nSPS) is 18.7. The lowest BCUT2D eigenvalue weighted by Gasteiger charge is -2.29. The molecular weight excluding hydrogens is 499 g/mol. The summed E-state index contributed by atoms with van der Waals surface area (Å²) in [4.78, 5) is 28.4. The van der Waals surface area contributed by atoms with Crippen molar-refractivity contribution in [3.8, 4) is 5.75 Å². The Balaban J connectivity index is 0.00000450. The number of phenolic OH excluding ortho intramolecular Hbond substituents is 1. The van der Waals surface area contributed by atoms with Crippen LogP contribution in [0.5, 0.6) is 5.75 Å². The number of hydrogen-bond acceptors (Lipinski definition) is 5. The second-order valence-electron chi connectivity index (χ2n) is 7.01. The van der Waals surface area contributed by atoms with Gasteiger partial charge >= 0.3 is 5.97 Å². The van der Waals surface area contributed by atoms with Gasteiger partial charge in [0.15, 0.2) is 5.96 Å². The number of benzene rings is 1. The second-order valence-corrected chi connectivity index (χ2v) is 7.01. The molecule has 0 aliphatic heterocycles. The molecule has 0 bridgehead atoms. The molecule has 30 heavy (non-hydrogen) atoms. The van der Waals surface area contributed by atoms with Crippen molar-refractivity contribution in [3.63, 3.8) is 0 Å². The summed E-state index contributed by atoms with van der Waals surface area (Å²) in [6.45, 7) is 5.85. The summed E-state index contributed by atoms with van der Waals surface area (Å²) >= 11 is 0. The number of aliphatic imine (C=N–C) groups is 1. The van der Waals surface area contributed by atoms with Crippen LogP contribution in [-0.4, -0.2) is 55.2 Å². The third-order valence-electron chi connectivity index (χ3n) is 4.83. The molecule has 0 aromatic heterocycles. The molecule has 0 spiro atoms. The summed E-state index contributed by atoms with van der Waals surface area (Å²) in [5, 5.41) is 18.7. The highest BCUT2D eigenvalue weighted by atomic mass is 127. The third kappa shape index (κ3) is 8.76. The van der Waals surface area contributed by atoms with Gasteiger partial charge in [0.1, 0.15) is 5.75 Å². The van der Waals surface area contributed by atoms with E-state index in [4.69, 9.17) is 4.74 Å². The molecule has 1 aromatic rings. The SMILES string of the molecule is CCNC(=NCCNC(=O)c1ccc(O)cc1)NC1CCC(C(=O)OCC)CC1.I. The monoisotopic (exact) mass is 532 g/mol. The number of carbonyl (C=O) groups excluding carboxylic acids is 2. The molecule has 9 heteroatoms. The first kappa shape index (κ1) is 26.0. The van der Waals surface area contributed by atoms with Crippen LogP contribution >= 0.6 is 24.0 Å². The quantitative estimate of drug-likeness (QED) is 0.135. The van der Waals surface area contributed by atoms with Crippen molar-refractivity contribution in [2.24, 2.45) is 10.9 Å². The van der Waals surface area contributed by atoms with Crippen molar-refractivity contribution < 1.29 is 19.4 Å². The van der Waals surface area contributed by atoms with Gasteiger partial charge in [-0.3, -0.25) is 14.6 Å². The van der Waals surface area contributed by atoms with Crippen LogP contribution in [0.1, 0.15) is 49.9 Å². The van der Waals surface area contributed by atoms with Crippen molar-refractivity contribution in [2.45, 2.75) is 45.6 Å². The number of guanidine groups is 1. The Morgan fingerprint density at radius 1 is 1.10 bits per heavy atom. The lowest BCUT2D eigenvalue weighted by Crippen LogP contribution is -2.45. The van der Waals surface area contributed by atoms with Crippen molar-refractivity contribution in [2.75, 3.05) is 26.2 Å². The molecule has 0 unspecified atom stereocenters. The molecule has 0 radical (unpaired) electrons. The number of amides is 1. The smallest absolute Gasteiger partial charge is 0.308 e. The van der Waals surface area contributed by atoms with E-state index in [2.05, 4.69) is 20.9 Å². The summed E-state index contributed by atoms with van der Waals surface area (Å²) in [5.41, 5.74) is 0.496. The van der Waals surface area contributed by atoms with E-state index in [9.17, 15) is 14.7 Å². The van der Waals surface area contributed by atoms with Crippen molar-refractivity contribution in [1.82, 2.24) is 16.0 Å². The summed E-state index contributed by atoms with van der Waals surface area (Å²) < 4.78 is 5.12. The summed E-state index contributed by atoms with van der Waals surface area (Å²) in [5.74, 6) is 0.559. The van der Waals surface area contributed by atoms with Crippen LogP contribution in [0.2, 0.25) is 0 Å². The maximum Gasteiger partial charge on any atom is 0.308 e. The topological polar surface area (TPSA) is 112 Å². The van der Waals surface area contributed by atoms with Crippen LogP contribution in [0.25, 0.3) is 0 Å². The number of nitrogens with one attached hydrogen (secondary N) is 3. The van der Waals surface area contributed by atoms with Gasteiger partial charge in [0, 0.05) is 24.7 Å². The maximum absolute atomic E-state index is 12.1. The van der Waals surface area contributed by atoms with Gasteiger partial charge in [0.05, 0.1) is 19.1 Å². The predicted molar refractivity (Wildman–Crippen MR) is 127 cm³/mol. The molecule has 4 N–H and O–H groups in total. The van der Waals surface area contributed by atoms with Crippen molar-refractivity contribution >= 4 is 41.8 Å². The van der Waals surface area contributed by atoms with Crippen molar-refractivity contribution in [1.29, 1.82) is 0 Å². The zero-order valence-electron chi connectivity index (χ0n) is 17.6. The molecule has 1 aromatic carbocycles. The largest absolute Gasteiger partial charge is 0.508 e. The van der Waals surface area contributed by atoms with E-state index in [1.54, 1.807) is 12.1 Å². The second kappa shape index (κ2) is 14.1. The number of esters is 1. The third-order valence-corrected chi connectivity index (χ3v) is 4.83. The first-order chi connectivity index (χ1) is 14.0. The Labute approximate surface area is 195 Å². The highest BCUT2D eigenvalue weighted by Crippen LogP contribution is 2.25. The van der Waals surface area contributed by atoms with E-state index in [1.807, 2.05) is 13.8 Å². The number of carbonyl (C=O) groups is 2. The zero-order valence-corrected chi connectivity index (χ0v) is 20.0. The van der Waals surface area contributed by atoms with E-state index in [0.29, 0.717) is 31.2 Å². The van der Waals surface area contributed by atoms with Crippen LogP contribution < -0.4 is 16.0 Å². The van der Waals surface area contributed by atoms with E-state index in [0.717, 1.165) is 32.2 Å². The molecule has 168 valence electrons. The average Bonchev–Trinajstić information content (AvgIpc) is 2.72. The molecule has 8 nitrogen and oxygen atoms in total. The molecule has 0 saturated heterocycles. The molecular formula is C21H33IN4O4. The number of nitrogens with zero attached hydrogens (tertiary/aromatic N) is 1. The Bertz CT molecular complexity index is 689. The Hall–Kier alpha value is -2.04. The van der Waals surface area contributed by atoms with Gasteiger partial charge in [-0.15, -0.1) is 24.0 Å². The summed E-state index contributed by atoms with van der Waals surface area (Å²) in [6, 6.07) is 6.39. The molecule has 1 aliphatic carbocycles. The zero-order chi connectivity index (χ0) is 21.1. The van der Waals surface area contributed by atoms with Crippen LogP contribution in [0.15, 0.2) is 29.3 Å².